The van der Waals surface area contributed by atoms with Gasteiger partial charge in [-0.2, -0.15) is 0 Å². The smallest absolute Gasteiger partial charge is 0.344 e. The zero-order valence-corrected chi connectivity index (χ0v) is 23.1. The molecule has 3 aliphatic rings. The van der Waals surface area contributed by atoms with E-state index < -0.39 is 11.9 Å². The second kappa shape index (κ2) is 9.21. The summed E-state index contributed by atoms with van der Waals surface area (Å²) in [6.45, 7) is 2.60. The van der Waals surface area contributed by atoms with Crippen molar-refractivity contribution in [2.24, 2.45) is 5.92 Å². The summed E-state index contributed by atoms with van der Waals surface area (Å²) in [4.78, 5) is 32.2. The lowest BCUT2D eigenvalue weighted by atomic mass is 10.0. The number of aryl methyl sites for hydroxylation is 1. The molecule has 11 heteroatoms. The summed E-state index contributed by atoms with van der Waals surface area (Å²) in [5.41, 5.74) is 3.06. The third-order valence-corrected chi connectivity index (χ3v) is 9.64. The van der Waals surface area contributed by atoms with Gasteiger partial charge in [-0.3, -0.25) is 0 Å². The molecule has 0 spiro atoms. The Hall–Kier alpha value is -3.14. The zero-order chi connectivity index (χ0) is 27.0. The van der Waals surface area contributed by atoms with Crippen LogP contribution in [0, 0.1) is 12.8 Å². The van der Waals surface area contributed by atoms with Crippen molar-refractivity contribution >= 4 is 61.8 Å². The topological polar surface area (TPSA) is 106 Å². The van der Waals surface area contributed by atoms with Crippen molar-refractivity contribution in [1.29, 1.82) is 0 Å². The number of aromatic nitrogens is 2. The molecule has 0 radical (unpaired) electrons. The summed E-state index contributed by atoms with van der Waals surface area (Å²) < 4.78 is 12.6. The number of halogens is 2. The fraction of sp³-hybridized carbons (Fsp3) is 0.357. The lowest BCUT2D eigenvalue weighted by Crippen LogP contribution is -2.39. The average Bonchev–Trinajstić information content (AvgIpc) is 3.23. The Balaban J connectivity index is 1.12. The number of ether oxygens (including phenoxy) is 1. The van der Waals surface area contributed by atoms with Crippen LogP contribution in [0.5, 0.6) is 0 Å². The Labute approximate surface area is 237 Å². The Kier molecular flexibility index (Phi) is 5.88. The number of piperidine rings is 1. The first-order valence-electron chi connectivity index (χ1n) is 12.8. The summed E-state index contributed by atoms with van der Waals surface area (Å²) in [5, 5.41) is 15.3. The van der Waals surface area contributed by atoms with Crippen LogP contribution in [0.3, 0.4) is 0 Å². The fourth-order valence-electron chi connectivity index (χ4n) is 5.93. The lowest BCUT2D eigenvalue weighted by Gasteiger charge is -2.31. The van der Waals surface area contributed by atoms with Crippen LogP contribution in [0.4, 0.5) is 5.13 Å². The predicted molar refractivity (Wildman–Crippen MR) is 148 cm³/mol. The zero-order valence-electron chi connectivity index (χ0n) is 20.8. The second-order valence-corrected chi connectivity index (χ2v) is 12.4. The molecule has 4 aromatic rings. The van der Waals surface area contributed by atoms with Crippen molar-refractivity contribution in [3.8, 4) is 11.3 Å². The van der Waals surface area contributed by atoms with Crippen LogP contribution in [-0.4, -0.2) is 45.9 Å². The van der Waals surface area contributed by atoms with E-state index in [2.05, 4.69) is 10.1 Å². The number of thiazole rings is 1. The highest BCUT2D eigenvalue weighted by Crippen LogP contribution is 2.48. The number of nitrogens with zero attached hydrogens (tertiary/aromatic N) is 3. The Morgan fingerprint density at radius 3 is 2.62 bits per heavy atom. The first kappa shape index (κ1) is 24.9. The maximum atomic E-state index is 13.6. The summed E-state index contributed by atoms with van der Waals surface area (Å²) in [7, 11) is 0. The quantitative estimate of drug-likeness (QED) is 0.242. The van der Waals surface area contributed by atoms with Crippen LogP contribution < -0.4 is 4.90 Å². The van der Waals surface area contributed by atoms with Gasteiger partial charge in [-0.25, -0.2) is 14.6 Å². The number of carbonyl (C=O) groups excluding carboxylic acids is 1. The Morgan fingerprint density at radius 2 is 1.95 bits per heavy atom. The molecule has 2 aliphatic carbocycles. The van der Waals surface area contributed by atoms with Crippen LogP contribution in [0.1, 0.15) is 63.6 Å². The third-order valence-electron chi connectivity index (χ3n) is 7.97. The van der Waals surface area contributed by atoms with Crippen molar-refractivity contribution in [2.45, 2.75) is 50.7 Å². The molecule has 2 aromatic heterocycles. The number of aromatic carboxylic acids is 1. The van der Waals surface area contributed by atoms with Gasteiger partial charge >= 0.3 is 11.9 Å². The number of fused-ring (bicyclic) bond motifs is 3. The lowest BCUT2D eigenvalue weighted by molar-refractivity contribution is 0.0191. The molecule has 3 heterocycles. The van der Waals surface area contributed by atoms with Crippen LogP contribution >= 0.6 is 34.5 Å². The third kappa shape index (κ3) is 4.18. The van der Waals surface area contributed by atoms with Gasteiger partial charge in [0.05, 0.1) is 25.8 Å². The van der Waals surface area contributed by atoms with E-state index in [1.54, 1.807) is 30.3 Å². The number of rotatable bonds is 6. The first-order chi connectivity index (χ1) is 18.8. The monoisotopic (exact) mass is 583 g/mol. The molecule has 2 aromatic carbocycles. The van der Waals surface area contributed by atoms with E-state index in [-0.39, 0.29) is 29.5 Å². The minimum Gasteiger partial charge on any atom is -0.478 e. The molecule has 3 atom stereocenters. The maximum Gasteiger partial charge on any atom is 0.344 e. The molecular weight excluding hydrogens is 561 g/mol. The van der Waals surface area contributed by atoms with Crippen molar-refractivity contribution in [3.63, 3.8) is 0 Å². The largest absolute Gasteiger partial charge is 0.478 e. The van der Waals surface area contributed by atoms with E-state index in [0.29, 0.717) is 39.0 Å². The van der Waals surface area contributed by atoms with Crippen LogP contribution in [0.25, 0.3) is 21.5 Å². The van der Waals surface area contributed by atoms with Crippen LogP contribution in [0.15, 0.2) is 34.9 Å². The highest BCUT2D eigenvalue weighted by Gasteiger charge is 2.48. The number of carboxylic acids is 1. The van der Waals surface area contributed by atoms with Crippen LogP contribution in [0.2, 0.25) is 10.0 Å². The highest BCUT2D eigenvalue weighted by molar-refractivity contribution is 7.22. The van der Waals surface area contributed by atoms with E-state index in [1.165, 1.54) is 11.3 Å². The standard InChI is InChI=1S/C28H23Cl2N3O5S/c1-12-7-14(26(34)35)9-20-23(12)31-28(39-20)33-11-15-8-16(33)10-19(15)37-27(36)22-24(32-38-25(22)13-5-6-13)21-17(29)3-2-4-18(21)30/h2-4,7,9,13,15-16,19H,5-6,8,10-11H2,1H3,(H,34,35)/t15-,16-,19+/m0/s1. The Bertz CT molecular complexity index is 1640. The Morgan fingerprint density at radius 1 is 1.18 bits per heavy atom. The fourth-order valence-corrected chi connectivity index (χ4v) is 7.67. The van der Waals surface area contributed by atoms with Gasteiger partial charge in [-0.05, 0) is 56.0 Å². The molecule has 2 saturated carbocycles. The summed E-state index contributed by atoms with van der Waals surface area (Å²) in [6, 6.07) is 8.69. The van der Waals surface area contributed by atoms with E-state index >= 15 is 0 Å². The number of hydrogen-bond acceptors (Lipinski definition) is 8. The molecule has 1 saturated heterocycles. The molecular formula is C28H23Cl2N3O5S. The molecule has 3 fully saturated rings. The van der Waals surface area contributed by atoms with Gasteiger partial charge in [0, 0.05) is 36.4 Å². The van der Waals surface area contributed by atoms with E-state index in [1.807, 2.05) is 6.92 Å². The minimum absolute atomic E-state index is 0.148. The molecule has 2 bridgehead atoms. The summed E-state index contributed by atoms with van der Waals surface area (Å²) in [6.07, 6.45) is 3.23. The van der Waals surface area contributed by atoms with Crippen LogP contribution in [-0.2, 0) is 4.74 Å². The van der Waals surface area contributed by atoms with Gasteiger partial charge < -0.3 is 19.3 Å². The van der Waals surface area contributed by atoms with Gasteiger partial charge in [0.2, 0.25) is 0 Å². The molecule has 200 valence electrons. The first-order valence-corrected chi connectivity index (χ1v) is 14.4. The van der Waals surface area contributed by atoms with Gasteiger partial charge in [-0.1, -0.05) is 45.8 Å². The number of carboxylic acid groups (broad SMARTS) is 1. The van der Waals surface area contributed by atoms with Gasteiger partial charge in [0.15, 0.2) is 10.9 Å². The SMILES string of the molecule is Cc1cc(C(=O)O)cc2sc(N3C[C@@H]4C[C@H]3C[C@H]4OC(=O)c3c(-c4c(Cl)cccc4Cl)noc3C3CC3)nc12. The van der Waals surface area contributed by atoms with E-state index in [9.17, 15) is 14.7 Å². The molecule has 0 amide bonds. The summed E-state index contributed by atoms with van der Waals surface area (Å²) >= 11 is 14.4. The average molecular weight is 584 g/mol. The molecule has 1 N–H and O–H groups in total. The van der Waals surface area contributed by atoms with Crippen molar-refractivity contribution < 1.29 is 24.0 Å². The second-order valence-electron chi connectivity index (χ2n) is 10.6. The molecule has 7 rings (SSSR count). The number of esters is 1. The van der Waals surface area contributed by atoms with Crippen molar-refractivity contribution in [1.82, 2.24) is 10.1 Å². The molecule has 1 aliphatic heterocycles. The highest BCUT2D eigenvalue weighted by atomic mass is 35.5. The van der Waals surface area contributed by atoms with Crippen molar-refractivity contribution in [2.75, 3.05) is 11.4 Å². The normalized spacial score (nSPS) is 22.1. The molecule has 39 heavy (non-hydrogen) atoms. The number of carbonyl (C=O) groups is 2. The van der Waals surface area contributed by atoms with Gasteiger partial charge in [-0.15, -0.1) is 0 Å². The number of benzene rings is 2. The van der Waals surface area contributed by atoms with E-state index in [4.69, 9.17) is 37.4 Å². The summed E-state index contributed by atoms with van der Waals surface area (Å²) in [5.74, 6) is -0.545. The number of anilines is 1. The minimum atomic E-state index is -0.947. The molecule has 8 nitrogen and oxygen atoms in total. The van der Waals surface area contributed by atoms with Crippen molar-refractivity contribution in [3.05, 3.63) is 62.8 Å². The maximum absolute atomic E-state index is 13.6. The molecule has 0 unspecified atom stereocenters. The van der Waals surface area contributed by atoms with Gasteiger partial charge in [0.25, 0.3) is 0 Å². The predicted octanol–water partition coefficient (Wildman–Crippen LogP) is 6.97. The van der Waals surface area contributed by atoms with Gasteiger partial charge in [0.1, 0.15) is 17.4 Å². The number of hydrogen-bond donors (Lipinski definition) is 1. The van der Waals surface area contributed by atoms with E-state index in [0.717, 1.165) is 46.7 Å².